The molecule has 2 nitrogen and oxygen atoms in total. The van der Waals surface area contributed by atoms with Crippen molar-refractivity contribution in [1.82, 2.24) is 0 Å². The Morgan fingerprint density at radius 2 is 1.67 bits per heavy atom. The van der Waals surface area contributed by atoms with Gasteiger partial charge in [-0.05, 0) is 48.2 Å². The average molecular weight is 241 g/mol. The number of phenolic OH excluding ortho intramolecular Hbond substituents is 1. The summed E-state index contributed by atoms with van der Waals surface area (Å²) in [6.45, 7) is 4.19. The molecule has 2 rings (SSSR count). The summed E-state index contributed by atoms with van der Waals surface area (Å²) in [7, 11) is 0. The Balaban J connectivity index is 2.28. The predicted octanol–water partition coefficient (Wildman–Crippen LogP) is 4.26. The van der Waals surface area contributed by atoms with Crippen molar-refractivity contribution in [1.29, 1.82) is 0 Å². The van der Waals surface area contributed by atoms with Gasteiger partial charge < -0.3 is 10.4 Å². The van der Waals surface area contributed by atoms with Gasteiger partial charge >= 0.3 is 0 Å². The molecule has 0 aliphatic carbocycles. The molecule has 0 saturated carbocycles. The normalized spacial score (nSPS) is 10.3. The third-order valence-corrected chi connectivity index (χ3v) is 3.14. The minimum atomic E-state index is 0.367. The first-order valence-corrected chi connectivity index (χ1v) is 6.41. The highest BCUT2D eigenvalue weighted by atomic mass is 16.3. The van der Waals surface area contributed by atoms with Gasteiger partial charge in [-0.15, -0.1) is 0 Å². The van der Waals surface area contributed by atoms with Gasteiger partial charge in [0, 0.05) is 11.4 Å². The summed E-state index contributed by atoms with van der Waals surface area (Å²) in [4.78, 5) is 0. The lowest BCUT2D eigenvalue weighted by Gasteiger charge is -2.12. The van der Waals surface area contributed by atoms with Gasteiger partial charge in [-0.3, -0.25) is 0 Å². The van der Waals surface area contributed by atoms with Crippen molar-refractivity contribution in [2.24, 2.45) is 0 Å². The molecule has 18 heavy (non-hydrogen) atoms. The van der Waals surface area contributed by atoms with Gasteiger partial charge in [0.15, 0.2) is 0 Å². The van der Waals surface area contributed by atoms with Gasteiger partial charge in [-0.2, -0.15) is 0 Å². The van der Waals surface area contributed by atoms with Crippen LogP contribution in [0.2, 0.25) is 0 Å². The van der Waals surface area contributed by atoms with Gasteiger partial charge in [0.25, 0.3) is 0 Å². The van der Waals surface area contributed by atoms with E-state index in [9.17, 15) is 5.11 Å². The van der Waals surface area contributed by atoms with Crippen LogP contribution in [0.15, 0.2) is 42.5 Å². The SMILES string of the molecule is CCc1cc(Nc2ccccc2CC)ccc1O. The molecule has 0 radical (unpaired) electrons. The number of para-hydroxylation sites is 1. The fourth-order valence-corrected chi connectivity index (χ4v) is 2.05. The summed E-state index contributed by atoms with van der Waals surface area (Å²) < 4.78 is 0. The Bertz CT molecular complexity index is 534. The second kappa shape index (κ2) is 5.58. The summed E-state index contributed by atoms with van der Waals surface area (Å²) >= 11 is 0. The molecule has 0 aromatic heterocycles. The molecule has 2 aromatic rings. The molecule has 2 heteroatoms. The lowest BCUT2D eigenvalue weighted by atomic mass is 10.1. The molecule has 2 aromatic carbocycles. The van der Waals surface area contributed by atoms with E-state index >= 15 is 0 Å². The predicted molar refractivity (Wildman–Crippen MR) is 76.6 cm³/mol. The largest absolute Gasteiger partial charge is 0.508 e. The van der Waals surface area contributed by atoms with Gasteiger partial charge in [0.1, 0.15) is 5.75 Å². The van der Waals surface area contributed by atoms with Crippen LogP contribution < -0.4 is 5.32 Å². The Labute approximate surface area is 108 Å². The molecule has 0 aliphatic heterocycles. The number of rotatable bonds is 4. The van der Waals surface area contributed by atoms with E-state index in [2.05, 4.69) is 30.4 Å². The minimum Gasteiger partial charge on any atom is -0.508 e. The van der Waals surface area contributed by atoms with E-state index in [-0.39, 0.29) is 0 Å². The average Bonchev–Trinajstić information content (AvgIpc) is 2.41. The molecule has 94 valence electrons. The molecule has 0 spiro atoms. The Hall–Kier alpha value is -1.96. The zero-order valence-electron chi connectivity index (χ0n) is 10.9. The van der Waals surface area contributed by atoms with E-state index in [1.54, 1.807) is 6.07 Å². The second-order valence-corrected chi connectivity index (χ2v) is 4.33. The van der Waals surface area contributed by atoms with Crippen LogP contribution in [-0.4, -0.2) is 5.11 Å². The molecule has 0 heterocycles. The van der Waals surface area contributed by atoms with Crippen molar-refractivity contribution in [3.8, 4) is 5.75 Å². The fourth-order valence-electron chi connectivity index (χ4n) is 2.05. The third-order valence-electron chi connectivity index (χ3n) is 3.14. The van der Waals surface area contributed by atoms with Crippen molar-refractivity contribution in [3.05, 3.63) is 53.6 Å². The van der Waals surface area contributed by atoms with Crippen molar-refractivity contribution in [2.45, 2.75) is 26.7 Å². The molecular weight excluding hydrogens is 222 g/mol. The number of benzene rings is 2. The third kappa shape index (κ3) is 2.65. The van der Waals surface area contributed by atoms with E-state index in [1.165, 1.54) is 5.56 Å². The fraction of sp³-hybridized carbons (Fsp3) is 0.250. The lowest BCUT2D eigenvalue weighted by Crippen LogP contribution is -1.95. The van der Waals surface area contributed by atoms with Crippen LogP contribution in [0.5, 0.6) is 5.75 Å². The highest BCUT2D eigenvalue weighted by Gasteiger charge is 2.03. The number of hydrogen-bond donors (Lipinski definition) is 2. The standard InChI is InChI=1S/C16H19NO/c1-3-12-7-5-6-8-15(12)17-14-9-10-16(18)13(4-2)11-14/h5-11,17-18H,3-4H2,1-2H3. The highest BCUT2D eigenvalue weighted by molar-refractivity contribution is 5.64. The number of anilines is 2. The second-order valence-electron chi connectivity index (χ2n) is 4.33. The first-order chi connectivity index (χ1) is 8.74. The minimum absolute atomic E-state index is 0.367. The molecule has 0 amide bonds. The van der Waals surface area contributed by atoms with Crippen molar-refractivity contribution in [2.75, 3.05) is 5.32 Å². The number of aromatic hydroxyl groups is 1. The summed E-state index contributed by atoms with van der Waals surface area (Å²) in [6.07, 6.45) is 1.83. The number of aryl methyl sites for hydroxylation is 2. The Kier molecular flexibility index (Phi) is 3.88. The van der Waals surface area contributed by atoms with E-state index < -0.39 is 0 Å². The first kappa shape index (κ1) is 12.5. The lowest BCUT2D eigenvalue weighted by molar-refractivity contribution is 0.469. The van der Waals surface area contributed by atoms with Gasteiger partial charge in [0.05, 0.1) is 0 Å². The summed E-state index contributed by atoms with van der Waals surface area (Å²) in [5.41, 5.74) is 4.41. The highest BCUT2D eigenvalue weighted by Crippen LogP contribution is 2.26. The number of phenols is 1. The van der Waals surface area contributed by atoms with Gasteiger partial charge in [0.2, 0.25) is 0 Å². The van der Waals surface area contributed by atoms with E-state index in [0.29, 0.717) is 5.75 Å². The maximum atomic E-state index is 9.67. The van der Waals surface area contributed by atoms with Crippen LogP contribution in [0.4, 0.5) is 11.4 Å². The molecule has 0 aliphatic rings. The quantitative estimate of drug-likeness (QED) is 0.784. The summed E-state index contributed by atoms with van der Waals surface area (Å²) in [6, 6.07) is 13.9. The Morgan fingerprint density at radius 3 is 2.39 bits per heavy atom. The number of nitrogens with one attached hydrogen (secondary N) is 1. The maximum absolute atomic E-state index is 9.67. The van der Waals surface area contributed by atoms with E-state index in [1.807, 2.05) is 25.1 Å². The summed E-state index contributed by atoms with van der Waals surface area (Å²) in [5.74, 6) is 0.367. The topological polar surface area (TPSA) is 32.3 Å². The van der Waals surface area contributed by atoms with E-state index in [4.69, 9.17) is 0 Å². The maximum Gasteiger partial charge on any atom is 0.118 e. The molecule has 2 N–H and O–H groups in total. The zero-order chi connectivity index (χ0) is 13.0. The van der Waals surface area contributed by atoms with Gasteiger partial charge in [-0.25, -0.2) is 0 Å². The van der Waals surface area contributed by atoms with Crippen LogP contribution >= 0.6 is 0 Å². The molecule has 0 saturated heterocycles. The Morgan fingerprint density at radius 1 is 0.944 bits per heavy atom. The summed E-state index contributed by atoms with van der Waals surface area (Å²) in [5, 5.41) is 13.1. The van der Waals surface area contributed by atoms with Crippen LogP contribution in [-0.2, 0) is 12.8 Å². The van der Waals surface area contributed by atoms with Crippen LogP contribution in [0.1, 0.15) is 25.0 Å². The monoisotopic (exact) mass is 241 g/mol. The first-order valence-electron chi connectivity index (χ1n) is 6.41. The van der Waals surface area contributed by atoms with Crippen molar-refractivity contribution >= 4 is 11.4 Å². The van der Waals surface area contributed by atoms with Gasteiger partial charge in [-0.1, -0.05) is 32.0 Å². The van der Waals surface area contributed by atoms with Crippen molar-refractivity contribution in [3.63, 3.8) is 0 Å². The molecule has 0 bridgehead atoms. The van der Waals surface area contributed by atoms with E-state index in [0.717, 1.165) is 29.8 Å². The molecule has 0 atom stereocenters. The van der Waals surface area contributed by atoms with Crippen LogP contribution in [0.3, 0.4) is 0 Å². The van der Waals surface area contributed by atoms with Crippen LogP contribution in [0.25, 0.3) is 0 Å². The molecular formula is C16H19NO. The number of hydrogen-bond acceptors (Lipinski definition) is 2. The molecule has 0 unspecified atom stereocenters. The smallest absolute Gasteiger partial charge is 0.118 e. The molecule has 0 fully saturated rings. The van der Waals surface area contributed by atoms with Crippen molar-refractivity contribution < 1.29 is 5.11 Å². The van der Waals surface area contributed by atoms with Crippen LogP contribution in [0, 0.1) is 0 Å². The zero-order valence-corrected chi connectivity index (χ0v) is 10.9.